The second kappa shape index (κ2) is 5.35. The molecule has 100 valence electrons. The summed E-state index contributed by atoms with van der Waals surface area (Å²) in [5.74, 6) is -1.89. The van der Waals surface area contributed by atoms with E-state index in [1.165, 1.54) is 0 Å². The van der Waals surface area contributed by atoms with Crippen LogP contribution < -0.4 is 11.1 Å². The van der Waals surface area contributed by atoms with Crippen molar-refractivity contribution in [3.63, 3.8) is 0 Å². The Hall–Kier alpha value is -1.31. The van der Waals surface area contributed by atoms with Gasteiger partial charge in [0.1, 0.15) is 0 Å². The monoisotopic (exact) mass is 255 g/mol. The van der Waals surface area contributed by atoms with Crippen LogP contribution in [0, 0.1) is 0 Å². The lowest BCUT2D eigenvalue weighted by Gasteiger charge is -2.30. The number of halogens is 3. The molecule has 1 unspecified atom stereocenters. The van der Waals surface area contributed by atoms with Crippen LogP contribution in [0.1, 0.15) is 13.8 Å². The van der Waals surface area contributed by atoms with Gasteiger partial charge in [0, 0.05) is 13.6 Å². The SMILES string of the molecule is CCNC(=O)CN(C)C(=O)C(C)(N)C(F)(F)F. The molecule has 0 aliphatic heterocycles. The second-order valence-electron chi connectivity index (χ2n) is 3.81. The van der Waals surface area contributed by atoms with Crippen LogP contribution in [0.4, 0.5) is 13.2 Å². The summed E-state index contributed by atoms with van der Waals surface area (Å²) in [7, 11) is 1.09. The molecule has 3 N–H and O–H groups in total. The average molecular weight is 255 g/mol. The van der Waals surface area contributed by atoms with E-state index in [-0.39, 0.29) is 0 Å². The van der Waals surface area contributed by atoms with Crippen LogP contribution in [0.2, 0.25) is 0 Å². The molecule has 0 spiro atoms. The van der Waals surface area contributed by atoms with E-state index in [0.29, 0.717) is 18.4 Å². The lowest BCUT2D eigenvalue weighted by molar-refractivity contribution is -0.193. The Labute approximate surface area is 97.1 Å². The number of likely N-dealkylation sites (N-methyl/N-ethyl adjacent to an activating group) is 2. The summed E-state index contributed by atoms with van der Waals surface area (Å²) < 4.78 is 37.4. The van der Waals surface area contributed by atoms with Gasteiger partial charge in [0.05, 0.1) is 6.54 Å². The number of hydrogen-bond acceptors (Lipinski definition) is 3. The standard InChI is InChI=1S/C9H16F3N3O2/c1-4-14-6(16)5-15(3)7(17)8(2,13)9(10,11)12/h4-5,13H2,1-3H3,(H,14,16). The van der Waals surface area contributed by atoms with Crippen molar-refractivity contribution in [2.45, 2.75) is 25.6 Å². The van der Waals surface area contributed by atoms with Crippen molar-refractivity contribution in [1.29, 1.82) is 0 Å². The van der Waals surface area contributed by atoms with Crippen LogP contribution in [0.25, 0.3) is 0 Å². The number of carbonyl (C=O) groups is 2. The molecule has 0 heterocycles. The van der Waals surface area contributed by atoms with Gasteiger partial charge in [-0.25, -0.2) is 0 Å². The molecule has 0 saturated heterocycles. The molecule has 0 fully saturated rings. The molecule has 0 rings (SSSR count). The molecule has 0 bridgehead atoms. The molecular formula is C9H16F3N3O2. The Morgan fingerprint density at radius 2 is 1.82 bits per heavy atom. The first-order chi connectivity index (χ1) is 7.54. The summed E-state index contributed by atoms with van der Waals surface area (Å²) in [6, 6.07) is 0. The molecule has 17 heavy (non-hydrogen) atoms. The Bertz CT molecular complexity index is 302. The Balaban J connectivity index is 4.66. The van der Waals surface area contributed by atoms with Crippen molar-refractivity contribution in [3.05, 3.63) is 0 Å². The Morgan fingerprint density at radius 3 is 2.18 bits per heavy atom. The molecule has 0 radical (unpaired) electrons. The van der Waals surface area contributed by atoms with Crippen molar-refractivity contribution in [1.82, 2.24) is 10.2 Å². The van der Waals surface area contributed by atoms with Crippen LogP contribution in [0.5, 0.6) is 0 Å². The minimum atomic E-state index is -4.86. The smallest absolute Gasteiger partial charge is 0.355 e. The van der Waals surface area contributed by atoms with E-state index in [1.54, 1.807) is 6.92 Å². The van der Waals surface area contributed by atoms with Gasteiger partial charge in [-0.15, -0.1) is 0 Å². The zero-order chi connectivity index (χ0) is 13.9. The van der Waals surface area contributed by atoms with Gasteiger partial charge in [-0.2, -0.15) is 13.2 Å². The van der Waals surface area contributed by atoms with E-state index in [4.69, 9.17) is 5.73 Å². The highest BCUT2D eigenvalue weighted by Gasteiger charge is 2.55. The molecule has 5 nitrogen and oxygen atoms in total. The molecular weight excluding hydrogens is 239 g/mol. The predicted molar refractivity (Wildman–Crippen MR) is 55.0 cm³/mol. The van der Waals surface area contributed by atoms with E-state index < -0.39 is 30.1 Å². The quantitative estimate of drug-likeness (QED) is 0.734. The summed E-state index contributed by atoms with van der Waals surface area (Å²) >= 11 is 0. The first-order valence-electron chi connectivity index (χ1n) is 4.92. The second-order valence-corrected chi connectivity index (χ2v) is 3.81. The number of amides is 2. The van der Waals surface area contributed by atoms with Crippen molar-refractivity contribution in [3.8, 4) is 0 Å². The van der Waals surface area contributed by atoms with Gasteiger partial charge in [-0.3, -0.25) is 9.59 Å². The minimum Gasteiger partial charge on any atom is -0.355 e. The number of carbonyl (C=O) groups excluding carboxylic acids is 2. The van der Waals surface area contributed by atoms with Gasteiger partial charge >= 0.3 is 6.18 Å². The first-order valence-corrected chi connectivity index (χ1v) is 4.92. The molecule has 1 atom stereocenters. The van der Waals surface area contributed by atoms with Crippen LogP contribution >= 0.6 is 0 Å². The van der Waals surface area contributed by atoms with Crippen molar-refractivity contribution in [2.75, 3.05) is 20.1 Å². The third-order valence-corrected chi connectivity index (χ3v) is 2.13. The fourth-order valence-corrected chi connectivity index (χ4v) is 1.06. The largest absolute Gasteiger partial charge is 0.415 e. The van der Waals surface area contributed by atoms with Crippen LogP contribution in [0.3, 0.4) is 0 Å². The zero-order valence-electron chi connectivity index (χ0n) is 9.89. The number of rotatable bonds is 4. The fraction of sp³-hybridized carbons (Fsp3) is 0.778. The van der Waals surface area contributed by atoms with Gasteiger partial charge in [-0.05, 0) is 13.8 Å². The molecule has 2 amide bonds. The minimum absolute atomic E-state index is 0.333. The highest BCUT2D eigenvalue weighted by atomic mass is 19.4. The van der Waals surface area contributed by atoms with Crippen molar-refractivity contribution >= 4 is 11.8 Å². The molecule has 0 aliphatic rings. The predicted octanol–water partition coefficient (Wildman–Crippen LogP) is -0.139. The fourth-order valence-electron chi connectivity index (χ4n) is 1.06. The van der Waals surface area contributed by atoms with Gasteiger partial charge < -0.3 is 16.0 Å². The van der Waals surface area contributed by atoms with Crippen LogP contribution in [-0.4, -0.2) is 48.6 Å². The molecule has 0 aliphatic carbocycles. The summed E-state index contributed by atoms with van der Waals surface area (Å²) in [6.07, 6.45) is -4.86. The summed E-state index contributed by atoms with van der Waals surface area (Å²) in [6.45, 7) is 2.10. The maximum Gasteiger partial charge on any atom is 0.415 e. The first kappa shape index (κ1) is 15.7. The highest BCUT2D eigenvalue weighted by molar-refractivity contribution is 5.90. The normalized spacial score (nSPS) is 15.0. The van der Waals surface area contributed by atoms with E-state index in [0.717, 1.165) is 7.05 Å². The van der Waals surface area contributed by atoms with Crippen LogP contribution in [0.15, 0.2) is 0 Å². The lowest BCUT2D eigenvalue weighted by Crippen LogP contribution is -2.62. The molecule has 0 aromatic carbocycles. The Kier molecular flexibility index (Phi) is 4.94. The van der Waals surface area contributed by atoms with Gasteiger partial charge in [-0.1, -0.05) is 0 Å². The van der Waals surface area contributed by atoms with Gasteiger partial charge in [0.2, 0.25) is 5.91 Å². The number of hydrogen-bond donors (Lipinski definition) is 2. The van der Waals surface area contributed by atoms with Gasteiger partial charge in [0.15, 0.2) is 5.54 Å². The molecule has 0 saturated carbocycles. The maximum atomic E-state index is 12.5. The topological polar surface area (TPSA) is 75.4 Å². The number of nitrogens with zero attached hydrogens (tertiary/aromatic N) is 1. The third-order valence-electron chi connectivity index (χ3n) is 2.13. The maximum absolute atomic E-state index is 12.5. The number of nitrogens with one attached hydrogen (secondary N) is 1. The molecule has 0 aromatic rings. The van der Waals surface area contributed by atoms with Crippen molar-refractivity contribution < 1.29 is 22.8 Å². The van der Waals surface area contributed by atoms with E-state index >= 15 is 0 Å². The summed E-state index contributed by atoms with van der Waals surface area (Å²) in [5, 5.41) is 2.37. The lowest BCUT2D eigenvalue weighted by atomic mass is 10.0. The summed E-state index contributed by atoms with van der Waals surface area (Å²) in [5.41, 5.74) is 1.95. The average Bonchev–Trinajstić information content (AvgIpc) is 2.14. The summed E-state index contributed by atoms with van der Waals surface area (Å²) in [4.78, 5) is 23.2. The van der Waals surface area contributed by atoms with Gasteiger partial charge in [0.25, 0.3) is 5.91 Å². The van der Waals surface area contributed by atoms with E-state index in [1.807, 2.05) is 0 Å². The molecule has 8 heteroatoms. The van der Waals surface area contributed by atoms with E-state index in [9.17, 15) is 22.8 Å². The molecule has 0 aromatic heterocycles. The number of nitrogens with two attached hydrogens (primary N) is 1. The Morgan fingerprint density at radius 1 is 1.35 bits per heavy atom. The number of alkyl halides is 3. The van der Waals surface area contributed by atoms with Crippen LogP contribution in [-0.2, 0) is 9.59 Å². The zero-order valence-corrected chi connectivity index (χ0v) is 9.89. The van der Waals surface area contributed by atoms with Crippen molar-refractivity contribution in [2.24, 2.45) is 5.73 Å². The van der Waals surface area contributed by atoms with E-state index in [2.05, 4.69) is 5.32 Å². The third kappa shape index (κ3) is 3.88. The highest BCUT2D eigenvalue weighted by Crippen LogP contribution is 2.29.